The smallest absolute Gasteiger partial charge is 0.110 e. The molecule has 0 bridgehead atoms. The fourth-order valence-electron chi connectivity index (χ4n) is 1.32. The molecule has 0 saturated carbocycles. The molecule has 2 heterocycles. The summed E-state index contributed by atoms with van der Waals surface area (Å²) in [6, 6.07) is 3.79. The van der Waals surface area contributed by atoms with Gasteiger partial charge in [0.05, 0.1) is 6.61 Å². The number of aliphatic hydroxyl groups excluding tert-OH is 1. The number of nitrogens with zero attached hydrogens (tertiary/aromatic N) is 2. The number of H-pyrrole nitrogens is 1. The van der Waals surface area contributed by atoms with E-state index < -0.39 is 0 Å². The molecule has 2 N–H and O–H groups in total. The molecule has 0 atom stereocenters. The molecule has 0 unspecified atom stereocenters. The summed E-state index contributed by atoms with van der Waals surface area (Å²) >= 11 is 3.40. The maximum Gasteiger partial charge on any atom is 0.110 e. The number of hydrogen-bond donors (Lipinski definition) is 2. The molecule has 0 amide bonds. The van der Waals surface area contributed by atoms with Crippen LogP contribution in [0.1, 0.15) is 5.82 Å². The molecule has 2 rings (SSSR count). The Morgan fingerprint density at radius 2 is 2.07 bits per heavy atom. The molecular formula is C10H10BrN3O. The van der Waals surface area contributed by atoms with Crippen molar-refractivity contribution >= 4 is 15.9 Å². The van der Waals surface area contributed by atoms with Gasteiger partial charge in [-0.05, 0) is 28.1 Å². The highest BCUT2D eigenvalue weighted by molar-refractivity contribution is 9.10. The summed E-state index contributed by atoms with van der Waals surface area (Å²) in [7, 11) is 0. The molecule has 0 saturated heterocycles. The van der Waals surface area contributed by atoms with Crippen molar-refractivity contribution in [3.8, 4) is 11.3 Å². The van der Waals surface area contributed by atoms with Gasteiger partial charge in [0.2, 0.25) is 0 Å². The monoisotopic (exact) mass is 267 g/mol. The van der Waals surface area contributed by atoms with Crippen molar-refractivity contribution in [2.75, 3.05) is 6.61 Å². The summed E-state index contributed by atoms with van der Waals surface area (Å²) in [4.78, 5) is 11.4. The Bertz CT molecular complexity index is 441. The standard InChI is InChI=1S/C10H10BrN3O/c11-10-9(7-1-4-12-5-2-7)13-8(14-10)3-6-15/h1-2,4-5,15H,3,6H2,(H,13,14). The van der Waals surface area contributed by atoms with Crippen LogP contribution in [0.5, 0.6) is 0 Å². The first kappa shape index (κ1) is 10.3. The number of aromatic nitrogens is 3. The van der Waals surface area contributed by atoms with Crippen LogP contribution in [0.25, 0.3) is 11.3 Å². The number of nitrogens with one attached hydrogen (secondary N) is 1. The van der Waals surface area contributed by atoms with Gasteiger partial charge in [0, 0.05) is 24.4 Å². The summed E-state index contributed by atoms with van der Waals surface area (Å²) in [5.74, 6) is 0.774. The topological polar surface area (TPSA) is 61.8 Å². The number of pyridine rings is 1. The van der Waals surface area contributed by atoms with Crippen LogP contribution in [0.4, 0.5) is 0 Å². The Balaban J connectivity index is 2.36. The van der Waals surface area contributed by atoms with Gasteiger partial charge in [-0.2, -0.15) is 0 Å². The van der Waals surface area contributed by atoms with E-state index >= 15 is 0 Å². The highest BCUT2D eigenvalue weighted by atomic mass is 79.9. The summed E-state index contributed by atoms with van der Waals surface area (Å²) in [6.07, 6.45) is 3.98. The fourth-order valence-corrected chi connectivity index (χ4v) is 1.87. The first-order chi connectivity index (χ1) is 7.31. The Kier molecular flexibility index (Phi) is 3.13. The predicted octanol–water partition coefficient (Wildman–Crippen LogP) is 1.77. The molecule has 2 aromatic heterocycles. The zero-order valence-electron chi connectivity index (χ0n) is 7.94. The maximum atomic E-state index is 8.81. The molecule has 2 aromatic rings. The lowest BCUT2D eigenvalue weighted by molar-refractivity contribution is 0.297. The van der Waals surface area contributed by atoms with E-state index in [4.69, 9.17) is 5.11 Å². The van der Waals surface area contributed by atoms with Crippen molar-refractivity contribution < 1.29 is 5.11 Å². The van der Waals surface area contributed by atoms with E-state index in [-0.39, 0.29) is 6.61 Å². The fraction of sp³-hybridized carbons (Fsp3) is 0.200. The van der Waals surface area contributed by atoms with E-state index in [2.05, 4.69) is 30.9 Å². The van der Waals surface area contributed by atoms with E-state index in [1.165, 1.54) is 0 Å². The zero-order valence-corrected chi connectivity index (χ0v) is 9.53. The van der Waals surface area contributed by atoms with Crippen molar-refractivity contribution in [2.45, 2.75) is 6.42 Å². The normalized spacial score (nSPS) is 10.5. The Morgan fingerprint density at radius 1 is 1.33 bits per heavy atom. The summed E-state index contributed by atoms with van der Waals surface area (Å²) in [5, 5.41) is 8.81. The number of aliphatic hydroxyl groups is 1. The molecule has 0 fully saturated rings. The minimum absolute atomic E-state index is 0.0930. The van der Waals surface area contributed by atoms with Gasteiger partial charge in [-0.15, -0.1) is 0 Å². The lowest BCUT2D eigenvalue weighted by Crippen LogP contribution is -1.92. The van der Waals surface area contributed by atoms with Crippen LogP contribution in [0.2, 0.25) is 0 Å². The van der Waals surface area contributed by atoms with Crippen molar-refractivity contribution in [1.29, 1.82) is 0 Å². The first-order valence-electron chi connectivity index (χ1n) is 4.57. The quantitative estimate of drug-likeness (QED) is 0.891. The molecule has 0 radical (unpaired) electrons. The van der Waals surface area contributed by atoms with Crippen molar-refractivity contribution in [3.63, 3.8) is 0 Å². The van der Waals surface area contributed by atoms with Gasteiger partial charge in [-0.3, -0.25) is 4.98 Å². The third kappa shape index (κ3) is 2.24. The third-order valence-corrected chi connectivity index (χ3v) is 2.58. The lowest BCUT2D eigenvalue weighted by atomic mass is 10.2. The van der Waals surface area contributed by atoms with E-state index in [9.17, 15) is 0 Å². The highest BCUT2D eigenvalue weighted by Crippen LogP contribution is 2.25. The van der Waals surface area contributed by atoms with Crippen LogP contribution in [0.15, 0.2) is 29.1 Å². The van der Waals surface area contributed by atoms with Gasteiger partial charge in [-0.1, -0.05) is 0 Å². The van der Waals surface area contributed by atoms with Gasteiger partial charge < -0.3 is 10.1 Å². The molecular weight excluding hydrogens is 258 g/mol. The summed E-state index contributed by atoms with van der Waals surface area (Å²) in [5.41, 5.74) is 1.85. The number of imidazole rings is 1. The van der Waals surface area contributed by atoms with Crippen LogP contribution in [0.3, 0.4) is 0 Å². The summed E-state index contributed by atoms with van der Waals surface area (Å²) < 4.78 is 0.831. The van der Waals surface area contributed by atoms with E-state index in [0.29, 0.717) is 6.42 Å². The lowest BCUT2D eigenvalue weighted by Gasteiger charge is -1.94. The largest absolute Gasteiger partial charge is 0.396 e. The van der Waals surface area contributed by atoms with E-state index in [1.807, 2.05) is 12.1 Å². The summed E-state index contributed by atoms with van der Waals surface area (Å²) in [6.45, 7) is 0.0930. The minimum atomic E-state index is 0.0930. The molecule has 0 aliphatic carbocycles. The molecule has 0 spiro atoms. The van der Waals surface area contributed by atoms with Crippen LogP contribution in [-0.4, -0.2) is 26.7 Å². The number of rotatable bonds is 3. The van der Waals surface area contributed by atoms with Crippen molar-refractivity contribution in [3.05, 3.63) is 35.0 Å². The van der Waals surface area contributed by atoms with Crippen LogP contribution < -0.4 is 0 Å². The van der Waals surface area contributed by atoms with E-state index in [0.717, 1.165) is 21.7 Å². The SMILES string of the molecule is OCCc1nc(-c2ccncc2)c(Br)[nH]1. The van der Waals surface area contributed by atoms with Crippen LogP contribution >= 0.6 is 15.9 Å². The van der Waals surface area contributed by atoms with Gasteiger partial charge in [-0.25, -0.2) is 4.98 Å². The first-order valence-corrected chi connectivity index (χ1v) is 5.36. The van der Waals surface area contributed by atoms with Crippen molar-refractivity contribution in [1.82, 2.24) is 15.0 Å². The Labute approximate surface area is 95.5 Å². The molecule has 15 heavy (non-hydrogen) atoms. The number of halogens is 1. The van der Waals surface area contributed by atoms with Crippen LogP contribution in [0, 0.1) is 0 Å². The molecule has 0 aliphatic rings. The van der Waals surface area contributed by atoms with Crippen LogP contribution in [-0.2, 0) is 6.42 Å². The van der Waals surface area contributed by atoms with Gasteiger partial charge in [0.1, 0.15) is 16.1 Å². The average Bonchev–Trinajstić information content (AvgIpc) is 2.61. The predicted molar refractivity (Wildman–Crippen MR) is 60.3 cm³/mol. The molecule has 0 aromatic carbocycles. The second kappa shape index (κ2) is 4.55. The second-order valence-electron chi connectivity index (χ2n) is 3.06. The van der Waals surface area contributed by atoms with Gasteiger partial charge >= 0.3 is 0 Å². The van der Waals surface area contributed by atoms with Crippen molar-refractivity contribution in [2.24, 2.45) is 0 Å². The Morgan fingerprint density at radius 3 is 2.73 bits per heavy atom. The number of aromatic amines is 1. The third-order valence-electron chi connectivity index (χ3n) is 2.01. The van der Waals surface area contributed by atoms with E-state index in [1.54, 1.807) is 12.4 Å². The highest BCUT2D eigenvalue weighted by Gasteiger charge is 2.09. The average molecular weight is 268 g/mol. The molecule has 5 heteroatoms. The second-order valence-corrected chi connectivity index (χ2v) is 3.85. The van der Waals surface area contributed by atoms with Gasteiger partial charge in [0.15, 0.2) is 0 Å². The van der Waals surface area contributed by atoms with Gasteiger partial charge in [0.25, 0.3) is 0 Å². The molecule has 78 valence electrons. The molecule has 4 nitrogen and oxygen atoms in total. The molecule has 0 aliphatic heterocycles. The Hall–Kier alpha value is -1.20. The maximum absolute atomic E-state index is 8.81. The minimum Gasteiger partial charge on any atom is -0.396 e. The number of hydrogen-bond acceptors (Lipinski definition) is 3. The zero-order chi connectivity index (χ0) is 10.7.